The molecule has 0 bridgehead atoms. The Kier molecular flexibility index (Phi) is 3.63. The summed E-state index contributed by atoms with van der Waals surface area (Å²) in [5, 5.41) is 18.5. The minimum Gasteiger partial charge on any atom is -0.391 e. The average Bonchev–Trinajstić information content (AvgIpc) is 2.41. The van der Waals surface area contributed by atoms with Gasteiger partial charge in [0, 0.05) is 18.7 Å². The summed E-state index contributed by atoms with van der Waals surface area (Å²) in [4.78, 5) is 13.9. The lowest BCUT2D eigenvalue weighted by molar-refractivity contribution is 0.0248. The first-order valence-electron chi connectivity index (χ1n) is 6.09. The Labute approximate surface area is 106 Å². The molecule has 2 atom stereocenters. The molecule has 2 unspecified atom stereocenters. The Morgan fingerprint density at radius 2 is 2.11 bits per heavy atom. The van der Waals surface area contributed by atoms with Crippen LogP contribution >= 0.6 is 0 Å². The molecule has 1 aliphatic heterocycles. The van der Waals surface area contributed by atoms with E-state index in [0.717, 1.165) is 6.42 Å². The zero-order valence-electron chi connectivity index (χ0n) is 10.3. The van der Waals surface area contributed by atoms with Crippen molar-refractivity contribution in [3.05, 3.63) is 35.4 Å². The summed E-state index contributed by atoms with van der Waals surface area (Å²) in [5.74, 6) is 0.167. The van der Waals surface area contributed by atoms with Gasteiger partial charge in [-0.25, -0.2) is 0 Å². The van der Waals surface area contributed by atoms with Gasteiger partial charge in [0.1, 0.15) is 0 Å². The molecule has 1 aliphatic rings. The highest BCUT2D eigenvalue weighted by molar-refractivity contribution is 5.94. The molecular formula is C14H16N2O2. The van der Waals surface area contributed by atoms with Crippen LogP contribution < -0.4 is 0 Å². The average molecular weight is 244 g/mol. The second-order valence-corrected chi connectivity index (χ2v) is 4.77. The van der Waals surface area contributed by atoms with Crippen LogP contribution in [0.25, 0.3) is 0 Å². The van der Waals surface area contributed by atoms with Gasteiger partial charge in [-0.15, -0.1) is 0 Å². The Hall–Kier alpha value is -1.86. The van der Waals surface area contributed by atoms with E-state index in [4.69, 9.17) is 5.26 Å². The number of piperidine rings is 1. The van der Waals surface area contributed by atoms with Crippen LogP contribution in [0, 0.1) is 17.2 Å². The van der Waals surface area contributed by atoms with Gasteiger partial charge in [-0.3, -0.25) is 4.79 Å². The molecule has 2 rings (SSSR count). The zero-order chi connectivity index (χ0) is 13.1. The quantitative estimate of drug-likeness (QED) is 0.812. The van der Waals surface area contributed by atoms with Crippen molar-refractivity contribution in [2.45, 2.75) is 19.4 Å². The van der Waals surface area contributed by atoms with Gasteiger partial charge in [-0.05, 0) is 36.6 Å². The van der Waals surface area contributed by atoms with Crippen LogP contribution in [0.5, 0.6) is 0 Å². The smallest absolute Gasteiger partial charge is 0.253 e. The Morgan fingerprint density at radius 3 is 2.67 bits per heavy atom. The molecule has 1 fully saturated rings. The predicted molar refractivity (Wildman–Crippen MR) is 66.8 cm³/mol. The van der Waals surface area contributed by atoms with E-state index in [2.05, 4.69) is 0 Å². The number of carbonyl (C=O) groups excluding carboxylic acids is 1. The number of nitriles is 1. The first kappa shape index (κ1) is 12.6. The third-order valence-corrected chi connectivity index (χ3v) is 3.47. The van der Waals surface area contributed by atoms with Gasteiger partial charge in [0.2, 0.25) is 0 Å². The number of carbonyl (C=O) groups is 1. The Balaban J connectivity index is 2.09. The van der Waals surface area contributed by atoms with Crippen LogP contribution in [0.1, 0.15) is 29.3 Å². The van der Waals surface area contributed by atoms with Gasteiger partial charge in [0.05, 0.1) is 17.7 Å². The summed E-state index contributed by atoms with van der Waals surface area (Å²) >= 11 is 0. The van der Waals surface area contributed by atoms with E-state index in [1.807, 2.05) is 13.0 Å². The molecule has 1 aromatic carbocycles. The molecule has 0 radical (unpaired) electrons. The van der Waals surface area contributed by atoms with E-state index >= 15 is 0 Å². The van der Waals surface area contributed by atoms with Crippen LogP contribution in [0.2, 0.25) is 0 Å². The largest absolute Gasteiger partial charge is 0.391 e. The van der Waals surface area contributed by atoms with Gasteiger partial charge in [0.15, 0.2) is 0 Å². The number of aliphatic hydroxyl groups excluding tert-OH is 1. The first-order valence-corrected chi connectivity index (χ1v) is 6.09. The first-order chi connectivity index (χ1) is 8.61. The molecule has 1 aromatic rings. The van der Waals surface area contributed by atoms with Crippen molar-refractivity contribution in [1.82, 2.24) is 4.90 Å². The topological polar surface area (TPSA) is 64.3 Å². The van der Waals surface area contributed by atoms with Gasteiger partial charge in [0.25, 0.3) is 5.91 Å². The number of β-amino-alcohol motifs (C(OH)–C–C–N with tert-alkyl or cyclic N) is 1. The Morgan fingerprint density at radius 1 is 1.44 bits per heavy atom. The number of amides is 1. The number of aliphatic hydroxyl groups is 1. The maximum absolute atomic E-state index is 12.2. The lowest BCUT2D eigenvalue weighted by atomic mass is 9.95. The van der Waals surface area contributed by atoms with Gasteiger partial charge < -0.3 is 10.0 Å². The molecule has 4 heteroatoms. The van der Waals surface area contributed by atoms with Crippen molar-refractivity contribution in [1.29, 1.82) is 5.26 Å². The number of likely N-dealkylation sites (tertiary alicyclic amines) is 1. The van der Waals surface area contributed by atoms with Crippen molar-refractivity contribution < 1.29 is 9.90 Å². The Bertz CT molecular complexity index is 476. The van der Waals surface area contributed by atoms with Crippen molar-refractivity contribution in [2.75, 3.05) is 13.1 Å². The summed E-state index contributed by atoms with van der Waals surface area (Å²) in [5.41, 5.74) is 1.11. The molecule has 4 nitrogen and oxygen atoms in total. The standard InChI is InChI=1S/C14H16N2O2/c1-10-6-7-16(9-13(10)17)14(18)12-4-2-11(8-15)3-5-12/h2-5,10,13,17H,6-7,9H2,1H3. The minimum absolute atomic E-state index is 0.0783. The minimum atomic E-state index is -0.443. The van der Waals surface area contributed by atoms with E-state index in [1.165, 1.54) is 0 Å². The molecule has 1 amide bonds. The molecule has 0 aliphatic carbocycles. The van der Waals surface area contributed by atoms with Crippen LogP contribution in [0.15, 0.2) is 24.3 Å². The van der Waals surface area contributed by atoms with Crippen molar-refractivity contribution in [3.63, 3.8) is 0 Å². The third-order valence-electron chi connectivity index (χ3n) is 3.47. The van der Waals surface area contributed by atoms with E-state index in [1.54, 1.807) is 29.2 Å². The van der Waals surface area contributed by atoms with Crippen LogP contribution in [0.4, 0.5) is 0 Å². The fraction of sp³-hybridized carbons (Fsp3) is 0.429. The maximum atomic E-state index is 12.2. The molecule has 0 aromatic heterocycles. The van der Waals surface area contributed by atoms with Gasteiger partial charge >= 0.3 is 0 Å². The zero-order valence-corrected chi connectivity index (χ0v) is 10.3. The monoisotopic (exact) mass is 244 g/mol. The highest BCUT2D eigenvalue weighted by atomic mass is 16.3. The second-order valence-electron chi connectivity index (χ2n) is 4.77. The molecule has 0 saturated carbocycles. The summed E-state index contributed by atoms with van der Waals surface area (Å²) in [7, 11) is 0. The molecule has 0 spiro atoms. The summed E-state index contributed by atoms with van der Waals surface area (Å²) in [6, 6.07) is 8.61. The lowest BCUT2D eigenvalue weighted by Gasteiger charge is -2.34. The van der Waals surface area contributed by atoms with Gasteiger partial charge in [-0.1, -0.05) is 6.92 Å². The fourth-order valence-electron chi connectivity index (χ4n) is 2.10. The number of benzene rings is 1. The SMILES string of the molecule is CC1CCN(C(=O)c2ccc(C#N)cc2)CC1O. The molecule has 94 valence electrons. The summed E-state index contributed by atoms with van der Waals surface area (Å²) < 4.78 is 0. The molecular weight excluding hydrogens is 228 g/mol. The number of hydrogen-bond acceptors (Lipinski definition) is 3. The summed E-state index contributed by atoms with van der Waals surface area (Å²) in [6.07, 6.45) is 0.379. The molecule has 1 saturated heterocycles. The highest BCUT2D eigenvalue weighted by Gasteiger charge is 2.27. The second kappa shape index (κ2) is 5.19. The molecule has 1 N–H and O–H groups in total. The predicted octanol–water partition coefficient (Wildman–Crippen LogP) is 1.40. The molecule has 1 heterocycles. The van der Waals surface area contributed by atoms with E-state index < -0.39 is 6.10 Å². The lowest BCUT2D eigenvalue weighted by Crippen LogP contribution is -2.45. The van der Waals surface area contributed by atoms with Crippen molar-refractivity contribution in [2.24, 2.45) is 5.92 Å². The van der Waals surface area contributed by atoms with Gasteiger partial charge in [-0.2, -0.15) is 5.26 Å². The van der Waals surface area contributed by atoms with Crippen LogP contribution in [0.3, 0.4) is 0 Å². The number of hydrogen-bond donors (Lipinski definition) is 1. The molecule has 18 heavy (non-hydrogen) atoms. The summed E-state index contributed by atoms with van der Waals surface area (Å²) in [6.45, 7) is 3.06. The van der Waals surface area contributed by atoms with Crippen LogP contribution in [-0.2, 0) is 0 Å². The van der Waals surface area contributed by atoms with Crippen molar-refractivity contribution >= 4 is 5.91 Å². The van der Waals surface area contributed by atoms with E-state index in [-0.39, 0.29) is 11.8 Å². The number of nitrogens with zero attached hydrogens (tertiary/aromatic N) is 2. The third kappa shape index (κ3) is 2.52. The van der Waals surface area contributed by atoms with Crippen LogP contribution in [-0.4, -0.2) is 35.1 Å². The van der Waals surface area contributed by atoms with E-state index in [0.29, 0.717) is 24.2 Å². The number of rotatable bonds is 1. The van der Waals surface area contributed by atoms with Crippen molar-refractivity contribution in [3.8, 4) is 6.07 Å². The fourth-order valence-corrected chi connectivity index (χ4v) is 2.10. The van der Waals surface area contributed by atoms with E-state index in [9.17, 15) is 9.90 Å². The normalized spacial score (nSPS) is 23.5. The maximum Gasteiger partial charge on any atom is 0.253 e. The highest BCUT2D eigenvalue weighted by Crippen LogP contribution is 2.19.